The summed E-state index contributed by atoms with van der Waals surface area (Å²) in [5, 5.41) is 6.10. The molecule has 0 radical (unpaired) electrons. The number of methoxy groups -OCH3 is 1. The third kappa shape index (κ3) is 3.24. The van der Waals surface area contributed by atoms with Crippen LogP contribution in [0, 0.1) is 0 Å². The number of ether oxygens (including phenoxy) is 1. The van der Waals surface area contributed by atoms with Crippen molar-refractivity contribution in [2.75, 3.05) is 13.7 Å². The lowest BCUT2D eigenvalue weighted by atomic mass is 9.96. The van der Waals surface area contributed by atoms with E-state index in [-0.39, 0.29) is 11.9 Å². The second-order valence-electron chi connectivity index (χ2n) is 6.45. The van der Waals surface area contributed by atoms with Crippen molar-refractivity contribution >= 4 is 23.5 Å². The summed E-state index contributed by atoms with van der Waals surface area (Å²) in [4.78, 5) is 26.9. The van der Waals surface area contributed by atoms with Crippen molar-refractivity contribution in [2.45, 2.75) is 12.6 Å². The van der Waals surface area contributed by atoms with E-state index in [0.717, 1.165) is 11.3 Å². The maximum atomic E-state index is 13.1. The zero-order valence-corrected chi connectivity index (χ0v) is 15.4. The Morgan fingerprint density at radius 1 is 1.15 bits per heavy atom. The minimum atomic E-state index is -0.559. The molecule has 2 aliphatic heterocycles. The largest absolute Gasteiger partial charge is 0.497 e. The first-order valence-corrected chi connectivity index (χ1v) is 8.92. The molecular weight excluding hydrogens is 366 g/mol. The highest BCUT2D eigenvalue weighted by molar-refractivity contribution is 6.31. The van der Waals surface area contributed by atoms with Crippen LogP contribution >= 0.6 is 11.6 Å². The van der Waals surface area contributed by atoms with E-state index in [2.05, 4.69) is 10.6 Å². The molecule has 2 aromatic rings. The summed E-state index contributed by atoms with van der Waals surface area (Å²) in [6.07, 6.45) is 0. The van der Waals surface area contributed by atoms with Crippen molar-refractivity contribution in [1.82, 2.24) is 15.5 Å². The molecule has 4 rings (SSSR count). The molecule has 2 heterocycles. The lowest BCUT2D eigenvalue weighted by Gasteiger charge is -2.26. The molecule has 0 unspecified atom stereocenters. The predicted molar refractivity (Wildman–Crippen MR) is 101 cm³/mol. The van der Waals surface area contributed by atoms with Crippen molar-refractivity contribution in [3.05, 3.63) is 76.0 Å². The van der Waals surface area contributed by atoms with Crippen LogP contribution in [0.15, 0.2) is 59.8 Å². The first-order valence-electron chi connectivity index (χ1n) is 8.54. The van der Waals surface area contributed by atoms with E-state index in [4.69, 9.17) is 16.3 Å². The lowest BCUT2D eigenvalue weighted by molar-refractivity contribution is -0.126. The van der Waals surface area contributed by atoms with Crippen LogP contribution in [0.1, 0.15) is 17.2 Å². The number of halogens is 1. The number of nitrogens with zero attached hydrogens (tertiary/aromatic N) is 1. The monoisotopic (exact) mass is 383 g/mol. The van der Waals surface area contributed by atoms with Crippen LogP contribution in [0.3, 0.4) is 0 Å². The Hall–Kier alpha value is -2.99. The molecule has 0 fully saturated rings. The maximum absolute atomic E-state index is 13.1. The van der Waals surface area contributed by atoms with E-state index in [1.807, 2.05) is 42.5 Å². The molecule has 138 valence electrons. The molecular formula is C20H18ClN3O3. The Morgan fingerprint density at radius 3 is 2.59 bits per heavy atom. The van der Waals surface area contributed by atoms with Crippen LogP contribution in [-0.4, -0.2) is 30.5 Å². The van der Waals surface area contributed by atoms with Gasteiger partial charge in [0, 0.05) is 11.6 Å². The van der Waals surface area contributed by atoms with Crippen LogP contribution < -0.4 is 15.4 Å². The second-order valence-corrected chi connectivity index (χ2v) is 6.86. The van der Waals surface area contributed by atoms with Gasteiger partial charge in [0.2, 0.25) is 0 Å². The van der Waals surface area contributed by atoms with Gasteiger partial charge >= 0.3 is 6.03 Å². The van der Waals surface area contributed by atoms with Gasteiger partial charge in [0.15, 0.2) is 0 Å². The summed E-state index contributed by atoms with van der Waals surface area (Å²) in [6.45, 7) is 0.801. The van der Waals surface area contributed by atoms with Crippen molar-refractivity contribution < 1.29 is 14.3 Å². The standard InChI is InChI=1S/C20H18ClN3O3/c1-27-13-8-6-12(7-9-13)10-24-11-16-17(19(24)25)18(23-20(26)22-16)14-4-2-3-5-15(14)21/h2-9,18H,10-11H2,1H3,(H2,22,23,26)/t18-/m1/s1. The van der Waals surface area contributed by atoms with Gasteiger partial charge in [-0.15, -0.1) is 0 Å². The summed E-state index contributed by atoms with van der Waals surface area (Å²) in [5.41, 5.74) is 2.86. The molecule has 0 spiro atoms. The quantitative estimate of drug-likeness (QED) is 0.852. The number of hydrogen-bond donors (Lipinski definition) is 2. The van der Waals surface area contributed by atoms with E-state index >= 15 is 0 Å². The fourth-order valence-electron chi connectivity index (χ4n) is 3.45. The van der Waals surface area contributed by atoms with E-state index in [1.165, 1.54) is 0 Å². The van der Waals surface area contributed by atoms with Gasteiger partial charge in [-0.2, -0.15) is 0 Å². The molecule has 27 heavy (non-hydrogen) atoms. The molecule has 0 aromatic heterocycles. The summed E-state index contributed by atoms with van der Waals surface area (Å²) < 4.78 is 5.17. The smallest absolute Gasteiger partial charge is 0.319 e. The summed E-state index contributed by atoms with van der Waals surface area (Å²) in [6, 6.07) is 13.9. The third-order valence-corrected chi connectivity index (χ3v) is 5.11. The van der Waals surface area contributed by atoms with Gasteiger partial charge in [0.05, 0.1) is 31.0 Å². The molecule has 1 atom stereocenters. The van der Waals surface area contributed by atoms with E-state index in [9.17, 15) is 9.59 Å². The minimum Gasteiger partial charge on any atom is -0.497 e. The number of urea groups is 1. The van der Waals surface area contributed by atoms with E-state index in [0.29, 0.717) is 34.9 Å². The highest BCUT2D eigenvalue weighted by Gasteiger charge is 2.40. The van der Waals surface area contributed by atoms with Crippen molar-refractivity contribution in [2.24, 2.45) is 0 Å². The van der Waals surface area contributed by atoms with Gasteiger partial charge in [0.1, 0.15) is 5.75 Å². The van der Waals surface area contributed by atoms with Gasteiger partial charge in [-0.1, -0.05) is 41.9 Å². The second kappa shape index (κ2) is 6.96. The highest BCUT2D eigenvalue weighted by Crippen LogP contribution is 2.35. The average molecular weight is 384 g/mol. The fraction of sp³-hybridized carbons (Fsp3) is 0.200. The number of rotatable bonds is 4. The minimum absolute atomic E-state index is 0.113. The topological polar surface area (TPSA) is 70.7 Å². The lowest BCUT2D eigenvalue weighted by Crippen LogP contribution is -2.44. The molecule has 0 saturated heterocycles. The van der Waals surface area contributed by atoms with Crippen molar-refractivity contribution in [3.63, 3.8) is 0 Å². The first kappa shape index (κ1) is 17.4. The number of nitrogens with one attached hydrogen (secondary N) is 2. The molecule has 0 aliphatic carbocycles. The highest BCUT2D eigenvalue weighted by atomic mass is 35.5. The van der Waals surface area contributed by atoms with Gasteiger partial charge in [-0.3, -0.25) is 4.79 Å². The third-order valence-electron chi connectivity index (χ3n) is 4.77. The zero-order chi connectivity index (χ0) is 19.0. The molecule has 0 saturated carbocycles. The van der Waals surface area contributed by atoms with Crippen LogP contribution in [-0.2, 0) is 11.3 Å². The van der Waals surface area contributed by atoms with E-state index in [1.54, 1.807) is 18.1 Å². The number of benzene rings is 2. The number of carbonyl (C=O) groups is 2. The molecule has 2 N–H and O–H groups in total. The van der Waals surface area contributed by atoms with Crippen LogP contribution in [0.5, 0.6) is 5.75 Å². The van der Waals surface area contributed by atoms with Gasteiger partial charge in [-0.25, -0.2) is 4.79 Å². The number of amides is 3. The molecule has 2 aromatic carbocycles. The van der Waals surface area contributed by atoms with Gasteiger partial charge in [0.25, 0.3) is 5.91 Å². The Labute approximate surface area is 161 Å². The Kier molecular flexibility index (Phi) is 4.49. The maximum Gasteiger partial charge on any atom is 0.319 e. The van der Waals surface area contributed by atoms with Crippen LogP contribution in [0.25, 0.3) is 0 Å². The average Bonchev–Trinajstić information content (AvgIpc) is 2.97. The van der Waals surface area contributed by atoms with Crippen LogP contribution in [0.4, 0.5) is 4.79 Å². The Morgan fingerprint density at radius 2 is 1.89 bits per heavy atom. The Balaban J connectivity index is 1.61. The number of hydrogen-bond acceptors (Lipinski definition) is 3. The zero-order valence-electron chi connectivity index (χ0n) is 14.7. The molecule has 6 nitrogen and oxygen atoms in total. The molecule has 3 amide bonds. The summed E-state index contributed by atoms with van der Waals surface area (Å²) in [7, 11) is 1.61. The first-order chi connectivity index (χ1) is 13.1. The van der Waals surface area contributed by atoms with Crippen LogP contribution in [0.2, 0.25) is 5.02 Å². The van der Waals surface area contributed by atoms with E-state index < -0.39 is 6.04 Å². The molecule has 0 bridgehead atoms. The summed E-state index contributed by atoms with van der Waals surface area (Å²) in [5.74, 6) is 0.650. The molecule has 2 aliphatic rings. The summed E-state index contributed by atoms with van der Waals surface area (Å²) >= 11 is 6.31. The fourth-order valence-corrected chi connectivity index (χ4v) is 3.69. The van der Waals surface area contributed by atoms with Crippen molar-refractivity contribution in [3.8, 4) is 5.75 Å². The predicted octanol–water partition coefficient (Wildman–Crippen LogP) is 3.00. The normalized spacial score (nSPS) is 18.9. The SMILES string of the molecule is COc1ccc(CN2CC3=C(C2=O)[C@@H](c2ccccc2Cl)NC(=O)N3)cc1. The van der Waals surface area contributed by atoms with Crippen molar-refractivity contribution in [1.29, 1.82) is 0 Å². The van der Waals surface area contributed by atoms with Gasteiger partial charge in [-0.05, 0) is 29.3 Å². The van der Waals surface area contributed by atoms with Gasteiger partial charge < -0.3 is 20.3 Å². The molecule has 7 heteroatoms. The Bertz CT molecular complexity index is 940. The number of carbonyl (C=O) groups excluding carboxylic acids is 2.